The minimum Gasteiger partial charge on any atom is -0.490 e. The van der Waals surface area contributed by atoms with Crippen molar-refractivity contribution < 1.29 is 33.2 Å². The average Bonchev–Trinajstić information content (AvgIpc) is 3.20. The second-order valence-corrected chi connectivity index (χ2v) is 15.0. The van der Waals surface area contributed by atoms with E-state index >= 15 is 0 Å². The predicted molar refractivity (Wildman–Crippen MR) is 234 cm³/mol. The molecule has 0 aliphatic heterocycles. The maximum absolute atomic E-state index is 13.4. The minimum atomic E-state index is -0.239. The maximum Gasteiger partial charge on any atom is 0.311 e. The number of fused-ring (bicyclic) bond motifs is 6. The van der Waals surface area contributed by atoms with Crippen LogP contribution in [0.2, 0.25) is 0 Å². The van der Waals surface area contributed by atoms with Crippen LogP contribution in [0.4, 0.5) is 0 Å². The predicted octanol–water partition coefficient (Wildman–Crippen LogP) is 14.3. The average molecular weight is 771 g/mol. The fourth-order valence-electron chi connectivity index (χ4n) is 6.73. The molecule has 0 saturated heterocycles. The lowest BCUT2D eigenvalue weighted by atomic mass is 9.93. The second kappa shape index (κ2) is 25.2. The molecule has 7 heteroatoms. The number of benzene rings is 4. The molecule has 0 bridgehead atoms. The number of unbranched alkanes of at least 4 members (excludes halogenated alkanes) is 11. The summed E-state index contributed by atoms with van der Waals surface area (Å²) in [6.45, 7) is 17.6. The van der Waals surface area contributed by atoms with E-state index in [9.17, 15) is 4.79 Å². The number of hydrogen-bond donors (Lipinski definition) is 0. The van der Waals surface area contributed by atoms with Crippen LogP contribution < -0.4 is 28.4 Å². The van der Waals surface area contributed by atoms with Crippen LogP contribution in [-0.4, -0.2) is 39.0 Å². The number of rotatable bonds is 30. The Morgan fingerprint density at radius 3 is 1.04 bits per heavy atom. The summed E-state index contributed by atoms with van der Waals surface area (Å²) in [4.78, 5) is 13.4. The van der Waals surface area contributed by atoms with Crippen molar-refractivity contribution in [3.63, 3.8) is 0 Å². The van der Waals surface area contributed by atoms with E-state index < -0.39 is 0 Å². The topological polar surface area (TPSA) is 72.5 Å². The summed E-state index contributed by atoms with van der Waals surface area (Å²) in [6, 6.07) is 12.5. The smallest absolute Gasteiger partial charge is 0.311 e. The first kappa shape index (κ1) is 44.6. The molecular weight excluding hydrogens is 701 g/mol. The van der Waals surface area contributed by atoms with Crippen molar-refractivity contribution in [2.75, 3.05) is 33.0 Å². The molecule has 0 amide bonds. The highest BCUT2D eigenvalue weighted by atomic mass is 16.6. The van der Waals surface area contributed by atoms with E-state index in [0.29, 0.717) is 56.7 Å². The Kier molecular flexibility index (Phi) is 20.1. The van der Waals surface area contributed by atoms with Crippen LogP contribution in [0.15, 0.2) is 49.1 Å². The highest BCUT2D eigenvalue weighted by Crippen LogP contribution is 2.47. The molecule has 0 unspecified atom stereocenters. The molecule has 0 radical (unpaired) electrons. The molecule has 0 saturated carbocycles. The van der Waals surface area contributed by atoms with Crippen LogP contribution in [0.25, 0.3) is 32.3 Å². The van der Waals surface area contributed by atoms with Crippen LogP contribution in [0.5, 0.6) is 34.5 Å². The summed E-state index contributed by atoms with van der Waals surface area (Å²) in [5.41, 5.74) is 0. The SMILES string of the molecule is C=CCCCCCCCCC(=O)Oc1cc2c3cc(OCCCC)c(OCCCC)cc3c3cc(OCCCC)c(OCCCC)cc3c2cc1OCCCC. The number of esters is 1. The summed E-state index contributed by atoms with van der Waals surface area (Å²) in [7, 11) is 0. The normalized spacial score (nSPS) is 11.3. The fourth-order valence-corrected chi connectivity index (χ4v) is 6.73. The van der Waals surface area contributed by atoms with E-state index in [0.717, 1.165) is 139 Å². The molecule has 308 valence electrons. The molecule has 0 aliphatic carbocycles. The van der Waals surface area contributed by atoms with Gasteiger partial charge in [-0.1, -0.05) is 98.5 Å². The summed E-state index contributed by atoms with van der Waals surface area (Å²) < 4.78 is 38.3. The number of ether oxygens (including phenoxy) is 6. The second-order valence-electron chi connectivity index (χ2n) is 15.0. The monoisotopic (exact) mass is 771 g/mol. The van der Waals surface area contributed by atoms with Crippen molar-refractivity contribution >= 4 is 38.3 Å². The van der Waals surface area contributed by atoms with E-state index in [4.69, 9.17) is 28.4 Å². The molecule has 7 nitrogen and oxygen atoms in total. The van der Waals surface area contributed by atoms with Crippen molar-refractivity contribution in [1.82, 2.24) is 0 Å². The van der Waals surface area contributed by atoms with Crippen molar-refractivity contribution in [1.29, 1.82) is 0 Å². The Balaban J connectivity index is 1.90. The number of carbonyl (C=O) groups is 1. The third-order valence-electron chi connectivity index (χ3n) is 10.2. The van der Waals surface area contributed by atoms with Gasteiger partial charge in [-0.15, -0.1) is 6.58 Å². The standard InChI is InChI=1S/C49H70O7/c1-7-13-19-20-21-22-23-24-25-49(50)56-48-36-42-40-34-46(54-29-17-11-5)44(52-27-15-9-3)32-38(40)37-31-43(51-26-14-8-2)45(53-28-16-10-4)33-39(37)41(42)35-47(48)55-30-18-12-6/h7,31-36H,1,8-30H2,2-6H3. The van der Waals surface area contributed by atoms with E-state index in [1.165, 1.54) is 19.3 Å². The van der Waals surface area contributed by atoms with Gasteiger partial charge in [0.05, 0.1) is 33.0 Å². The van der Waals surface area contributed by atoms with Gasteiger partial charge in [0.25, 0.3) is 0 Å². The first-order valence-corrected chi connectivity index (χ1v) is 22.0. The zero-order valence-electron chi connectivity index (χ0n) is 35.4. The summed E-state index contributed by atoms with van der Waals surface area (Å²) in [5.74, 6) is 3.68. The Bertz CT molecular complexity index is 1750. The van der Waals surface area contributed by atoms with Gasteiger partial charge >= 0.3 is 5.97 Å². The molecule has 0 fully saturated rings. The fraction of sp³-hybridized carbons (Fsp3) is 0.571. The number of carbonyl (C=O) groups excluding carboxylic acids is 1. The zero-order valence-corrected chi connectivity index (χ0v) is 35.4. The summed E-state index contributed by atoms with van der Waals surface area (Å²) >= 11 is 0. The summed E-state index contributed by atoms with van der Waals surface area (Å²) in [6.07, 6.45) is 19.7. The van der Waals surface area contributed by atoms with Crippen LogP contribution in [-0.2, 0) is 4.79 Å². The van der Waals surface area contributed by atoms with Gasteiger partial charge in [-0.25, -0.2) is 0 Å². The van der Waals surface area contributed by atoms with Crippen molar-refractivity contribution in [2.45, 2.75) is 150 Å². The first-order chi connectivity index (χ1) is 27.5. The van der Waals surface area contributed by atoms with Gasteiger partial charge in [-0.2, -0.15) is 0 Å². The molecule has 0 spiro atoms. The molecule has 0 aromatic heterocycles. The van der Waals surface area contributed by atoms with Gasteiger partial charge < -0.3 is 28.4 Å². The van der Waals surface area contributed by atoms with Gasteiger partial charge in [0.15, 0.2) is 34.5 Å². The summed E-state index contributed by atoms with van der Waals surface area (Å²) in [5, 5.41) is 5.94. The molecule has 0 N–H and O–H groups in total. The molecule has 4 rings (SSSR count). The van der Waals surface area contributed by atoms with Gasteiger partial charge in [-0.3, -0.25) is 4.79 Å². The lowest BCUT2D eigenvalue weighted by Crippen LogP contribution is -2.09. The molecule has 0 heterocycles. The number of hydrogen-bond acceptors (Lipinski definition) is 7. The molecule has 56 heavy (non-hydrogen) atoms. The van der Waals surface area contributed by atoms with Crippen LogP contribution in [0, 0.1) is 0 Å². The molecule has 4 aromatic rings. The lowest BCUT2D eigenvalue weighted by Gasteiger charge is -2.20. The molecule has 0 aliphatic rings. The minimum absolute atomic E-state index is 0.239. The van der Waals surface area contributed by atoms with E-state index in [1.807, 2.05) is 12.1 Å². The first-order valence-electron chi connectivity index (χ1n) is 22.0. The van der Waals surface area contributed by atoms with Crippen molar-refractivity contribution in [3.8, 4) is 34.5 Å². The Morgan fingerprint density at radius 1 is 0.429 bits per heavy atom. The molecule has 4 aromatic carbocycles. The van der Waals surface area contributed by atoms with Gasteiger partial charge in [-0.05, 0) is 120 Å². The molecule has 0 atom stereocenters. The van der Waals surface area contributed by atoms with Crippen LogP contribution in [0.1, 0.15) is 150 Å². The van der Waals surface area contributed by atoms with Crippen LogP contribution >= 0.6 is 0 Å². The van der Waals surface area contributed by atoms with Gasteiger partial charge in [0.1, 0.15) is 0 Å². The Hall–Kier alpha value is -4.13. The quantitative estimate of drug-likeness (QED) is 0.0172. The van der Waals surface area contributed by atoms with Gasteiger partial charge in [0, 0.05) is 6.42 Å². The number of allylic oxidation sites excluding steroid dienone is 1. The molecular formula is C49H70O7. The van der Waals surface area contributed by atoms with Crippen LogP contribution in [0.3, 0.4) is 0 Å². The van der Waals surface area contributed by atoms with E-state index in [-0.39, 0.29) is 5.97 Å². The third kappa shape index (κ3) is 13.2. The zero-order chi connectivity index (χ0) is 40.0. The highest BCUT2D eigenvalue weighted by molar-refractivity contribution is 6.27. The van der Waals surface area contributed by atoms with Gasteiger partial charge in [0.2, 0.25) is 0 Å². The van der Waals surface area contributed by atoms with Crippen molar-refractivity contribution in [2.24, 2.45) is 0 Å². The van der Waals surface area contributed by atoms with Crippen molar-refractivity contribution in [3.05, 3.63) is 49.1 Å². The highest BCUT2D eigenvalue weighted by Gasteiger charge is 2.21. The Labute approximate surface area is 337 Å². The Morgan fingerprint density at radius 2 is 0.714 bits per heavy atom. The maximum atomic E-state index is 13.4. The lowest BCUT2D eigenvalue weighted by molar-refractivity contribution is -0.134. The van der Waals surface area contributed by atoms with E-state index in [2.05, 4.69) is 71.5 Å². The van der Waals surface area contributed by atoms with E-state index in [1.54, 1.807) is 0 Å². The largest absolute Gasteiger partial charge is 0.490 e. The third-order valence-corrected chi connectivity index (χ3v) is 10.2.